The van der Waals surface area contributed by atoms with Gasteiger partial charge in [-0.2, -0.15) is 0 Å². The predicted molar refractivity (Wildman–Crippen MR) is 107 cm³/mol. The third-order valence-electron chi connectivity index (χ3n) is 5.14. The molecule has 1 fully saturated rings. The zero-order chi connectivity index (χ0) is 18.8. The zero-order valence-electron chi connectivity index (χ0n) is 15.7. The molecule has 0 aliphatic carbocycles. The zero-order valence-corrected chi connectivity index (χ0v) is 15.7. The predicted octanol–water partition coefficient (Wildman–Crippen LogP) is 2.20. The van der Waals surface area contributed by atoms with Gasteiger partial charge >= 0.3 is 0 Å². The number of benzene rings is 1. The molecule has 0 atom stereocenters. The number of anilines is 2. The number of fused-ring (bicyclic) bond motifs is 1. The minimum atomic E-state index is 0.115. The van der Waals surface area contributed by atoms with Crippen LogP contribution < -0.4 is 10.2 Å². The van der Waals surface area contributed by atoms with Crippen LogP contribution in [0.1, 0.15) is 11.1 Å². The molecular weight excluding hydrogens is 340 g/mol. The fourth-order valence-electron chi connectivity index (χ4n) is 3.47. The summed E-state index contributed by atoms with van der Waals surface area (Å²) in [5.41, 5.74) is 3.76. The number of piperazine rings is 1. The molecule has 2 N–H and O–H groups in total. The monoisotopic (exact) mass is 364 g/mol. The van der Waals surface area contributed by atoms with Crippen molar-refractivity contribution >= 4 is 28.4 Å². The van der Waals surface area contributed by atoms with Gasteiger partial charge in [-0.1, -0.05) is 18.2 Å². The lowest BCUT2D eigenvalue weighted by atomic mass is 10.1. The molecular formula is C20H24N6O. The van der Waals surface area contributed by atoms with E-state index in [0.717, 1.165) is 31.1 Å². The van der Waals surface area contributed by atoms with E-state index < -0.39 is 0 Å². The molecule has 0 bridgehead atoms. The standard InChI is InChI=1S/C20H24N6O/c1-14-4-3-5-16-15(11-22-20(14)16)6-7-21-17-10-18(24-13-23-17)26-9-8-25(2)19(27)12-26/h3-5,10-11,13,22H,6-9,12H2,1-2H3,(H,21,23,24). The van der Waals surface area contributed by atoms with Crippen LogP contribution >= 0.6 is 0 Å². The molecule has 0 unspecified atom stereocenters. The molecule has 0 radical (unpaired) electrons. The molecule has 1 amide bonds. The number of likely N-dealkylation sites (N-methyl/N-ethyl adjacent to an activating group) is 1. The van der Waals surface area contributed by atoms with Gasteiger partial charge in [0.25, 0.3) is 0 Å². The van der Waals surface area contributed by atoms with Gasteiger partial charge in [0.1, 0.15) is 18.0 Å². The van der Waals surface area contributed by atoms with Gasteiger partial charge in [0, 0.05) is 49.8 Å². The topological polar surface area (TPSA) is 77.2 Å². The highest BCUT2D eigenvalue weighted by atomic mass is 16.2. The maximum Gasteiger partial charge on any atom is 0.241 e. The molecule has 27 heavy (non-hydrogen) atoms. The molecule has 140 valence electrons. The Kier molecular flexibility index (Phi) is 4.66. The van der Waals surface area contributed by atoms with E-state index in [1.807, 2.05) is 18.0 Å². The highest BCUT2D eigenvalue weighted by molar-refractivity contribution is 5.86. The first-order valence-corrected chi connectivity index (χ1v) is 9.22. The van der Waals surface area contributed by atoms with E-state index in [9.17, 15) is 4.79 Å². The molecule has 2 aromatic heterocycles. The summed E-state index contributed by atoms with van der Waals surface area (Å²) < 4.78 is 0. The lowest BCUT2D eigenvalue weighted by Gasteiger charge is -2.32. The van der Waals surface area contributed by atoms with Crippen LogP contribution in [0.25, 0.3) is 10.9 Å². The van der Waals surface area contributed by atoms with Crippen LogP contribution in [0.3, 0.4) is 0 Å². The van der Waals surface area contributed by atoms with Crippen molar-refractivity contribution in [1.29, 1.82) is 0 Å². The van der Waals surface area contributed by atoms with E-state index in [1.54, 1.807) is 11.2 Å². The van der Waals surface area contributed by atoms with Gasteiger partial charge in [-0.3, -0.25) is 4.79 Å². The maximum absolute atomic E-state index is 11.9. The Balaban J connectivity index is 1.40. The third kappa shape index (κ3) is 3.58. The quantitative estimate of drug-likeness (QED) is 0.726. The van der Waals surface area contributed by atoms with Crippen molar-refractivity contribution in [2.45, 2.75) is 13.3 Å². The van der Waals surface area contributed by atoms with Crippen molar-refractivity contribution in [3.63, 3.8) is 0 Å². The van der Waals surface area contributed by atoms with Gasteiger partial charge in [-0.05, 0) is 24.5 Å². The molecule has 1 aliphatic rings. The minimum Gasteiger partial charge on any atom is -0.370 e. The second kappa shape index (κ2) is 7.26. The summed E-state index contributed by atoms with van der Waals surface area (Å²) in [6.07, 6.45) is 4.53. The Bertz CT molecular complexity index is 966. The van der Waals surface area contributed by atoms with Gasteiger partial charge in [0.2, 0.25) is 5.91 Å². The second-order valence-corrected chi connectivity index (χ2v) is 6.99. The van der Waals surface area contributed by atoms with Gasteiger partial charge < -0.3 is 20.1 Å². The number of para-hydroxylation sites is 1. The molecule has 0 spiro atoms. The molecule has 1 aromatic carbocycles. The van der Waals surface area contributed by atoms with Gasteiger partial charge in [-0.15, -0.1) is 0 Å². The molecule has 3 aromatic rings. The Morgan fingerprint density at radius 3 is 3.00 bits per heavy atom. The Labute approximate surface area is 158 Å². The lowest BCUT2D eigenvalue weighted by molar-refractivity contribution is -0.129. The third-order valence-corrected chi connectivity index (χ3v) is 5.14. The molecule has 7 heteroatoms. The first-order valence-electron chi connectivity index (χ1n) is 9.22. The van der Waals surface area contributed by atoms with Crippen LogP contribution in [0.5, 0.6) is 0 Å². The summed E-state index contributed by atoms with van der Waals surface area (Å²) in [6, 6.07) is 8.28. The van der Waals surface area contributed by atoms with Crippen LogP contribution in [0, 0.1) is 6.92 Å². The summed E-state index contributed by atoms with van der Waals surface area (Å²) in [7, 11) is 1.83. The van der Waals surface area contributed by atoms with Gasteiger partial charge in [-0.25, -0.2) is 9.97 Å². The van der Waals surface area contributed by atoms with Crippen molar-refractivity contribution < 1.29 is 4.79 Å². The molecule has 3 heterocycles. The second-order valence-electron chi connectivity index (χ2n) is 6.99. The van der Waals surface area contributed by atoms with Crippen LogP contribution in [0.4, 0.5) is 11.6 Å². The maximum atomic E-state index is 11.9. The molecule has 0 saturated carbocycles. The minimum absolute atomic E-state index is 0.115. The number of amides is 1. The fraction of sp³-hybridized carbons (Fsp3) is 0.350. The van der Waals surface area contributed by atoms with Crippen molar-refractivity contribution in [3.05, 3.63) is 47.9 Å². The molecule has 4 rings (SSSR count). The number of carbonyl (C=O) groups is 1. The smallest absolute Gasteiger partial charge is 0.241 e. The van der Waals surface area contributed by atoms with Crippen LogP contribution in [-0.4, -0.2) is 59.0 Å². The largest absolute Gasteiger partial charge is 0.370 e. The number of hydrogen-bond acceptors (Lipinski definition) is 5. The number of hydrogen-bond donors (Lipinski definition) is 2. The van der Waals surface area contributed by atoms with E-state index in [1.165, 1.54) is 22.0 Å². The molecule has 7 nitrogen and oxygen atoms in total. The summed E-state index contributed by atoms with van der Waals surface area (Å²) in [5.74, 6) is 1.68. The van der Waals surface area contributed by atoms with Crippen molar-refractivity contribution in [3.8, 4) is 0 Å². The van der Waals surface area contributed by atoms with Gasteiger partial charge in [0.05, 0.1) is 6.54 Å². The number of nitrogens with zero attached hydrogens (tertiary/aromatic N) is 4. The van der Waals surface area contributed by atoms with Crippen molar-refractivity contribution in [2.24, 2.45) is 0 Å². The number of aromatic nitrogens is 3. The number of aromatic amines is 1. The fourth-order valence-corrected chi connectivity index (χ4v) is 3.47. The normalized spacial score (nSPS) is 14.8. The molecule has 1 aliphatic heterocycles. The van der Waals surface area contributed by atoms with E-state index in [-0.39, 0.29) is 5.91 Å². The van der Waals surface area contributed by atoms with Crippen molar-refractivity contribution in [1.82, 2.24) is 19.9 Å². The Morgan fingerprint density at radius 2 is 2.15 bits per heavy atom. The Hall–Kier alpha value is -3.09. The lowest BCUT2D eigenvalue weighted by Crippen LogP contribution is -2.48. The summed E-state index contributed by atoms with van der Waals surface area (Å²) in [5, 5.41) is 4.65. The number of rotatable bonds is 5. The highest BCUT2D eigenvalue weighted by Gasteiger charge is 2.22. The first-order chi connectivity index (χ1) is 13.1. The van der Waals surface area contributed by atoms with E-state index in [4.69, 9.17) is 0 Å². The number of H-pyrrole nitrogens is 1. The van der Waals surface area contributed by atoms with Crippen LogP contribution in [0.2, 0.25) is 0 Å². The van der Waals surface area contributed by atoms with Crippen LogP contribution in [0.15, 0.2) is 36.8 Å². The summed E-state index contributed by atoms with van der Waals surface area (Å²) >= 11 is 0. The first kappa shape index (κ1) is 17.3. The molecule has 1 saturated heterocycles. The van der Waals surface area contributed by atoms with E-state index >= 15 is 0 Å². The summed E-state index contributed by atoms with van der Waals surface area (Å²) in [4.78, 5) is 27.7. The highest BCUT2D eigenvalue weighted by Crippen LogP contribution is 2.22. The average molecular weight is 364 g/mol. The Morgan fingerprint density at radius 1 is 1.26 bits per heavy atom. The van der Waals surface area contributed by atoms with Crippen LogP contribution in [-0.2, 0) is 11.2 Å². The number of aryl methyl sites for hydroxylation is 1. The van der Waals surface area contributed by atoms with Gasteiger partial charge in [0.15, 0.2) is 0 Å². The number of nitrogens with one attached hydrogen (secondary N) is 2. The summed E-state index contributed by atoms with van der Waals surface area (Å²) in [6.45, 7) is 4.76. The average Bonchev–Trinajstić information content (AvgIpc) is 3.09. The SMILES string of the molecule is Cc1cccc2c(CCNc3cc(N4CCN(C)C(=O)C4)ncn3)c[nH]c12. The van der Waals surface area contributed by atoms with E-state index in [0.29, 0.717) is 13.1 Å². The van der Waals surface area contributed by atoms with E-state index in [2.05, 4.69) is 51.6 Å². The number of carbonyl (C=O) groups excluding carboxylic acids is 1. The van der Waals surface area contributed by atoms with Crippen molar-refractivity contribution in [2.75, 3.05) is 43.4 Å².